The van der Waals surface area contributed by atoms with Gasteiger partial charge in [0.2, 0.25) is 12.5 Å². The lowest BCUT2D eigenvalue weighted by molar-refractivity contribution is -0.140. The minimum atomic E-state index is -0.897. The largest absolute Gasteiger partial charge is 0.481 e. The van der Waals surface area contributed by atoms with Crippen LogP contribution in [-0.2, 0) is 10.2 Å². The van der Waals surface area contributed by atoms with Gasteiger partial charge in [-0.05, 0) is 18.9 Å². The van der Waals surface area contributed by atoms with Crippen LogP contribution in [0, 0.1) is 5.82 Å². The predicted octanol–water partition coefficient (Wildman–Crippen LogP) is 1.67. The lowest BCUT2D eigenvalue weighted by Crippen LogP contribution is -2.20. The average Bonchev–Trinajstić information content (AvgIpc) is 2.90. The molecule has 1 heterocycles. The van der Waals surface area contributed by atoms with Crippen molar-refractivity contribution in [2.45, 2.75) is 18.3 Å². The van der Waals surface area contributed by atoms with Gasteiger partial charge in [0, 0.05) is 5.56 Å². The molecule has 1 saturated carbocycles. The molecule has 0 radical (unpaired) electrons. The molecule has 16 heavy (non-hydrogen) atoms. The topological polar surface area (TPSA) is 55.8 Å². The highest BCUT2D eigenvalue weighted by molar-refractivity contribution is 5.86. The molecule has 0 unspecified atom stereocenters. The van der Waals surface area contributed by atoms with Crippen molar-refractivity contribution in [2.75, 3.05) is 6.79 Å². The van der Waals surface area contributed by atoms with Gasteiger partial charge in [-0.15, -0.1) is 0 Å². The van der Waals surface area contributed by atoms with Crippen molar-refractivity contribution in [3.63, 3.8) is 0 Å². The summed E-state index contributed by atoms with van der Waals surface area (Å²) in [7, 11) is 0. The van der Waals surface area contributed by atoms with Gasteiger partial charge in [-0.25, -0.2) is 4.39 Å². The number of rotatable bonds is 2. The molecule has 4 nitrogen and oxygen atoms in total. The van der Waals surface area contributed by atoms with Gasteiger partial charge in [-0.3, -0.25) is 4.79 Å². The Bertz CT molecular complexity index is 479. The third kappa shape index (κ3) is 1.05. The zero-order chi connectivity index (χ0) is 11.3. The Balaban J connectivity index is 2.16. The van der Waals surface area contributed by atoms with Gasteiger partial charge in [0.25, 0.3) is 0 Å². The first-order chi connectivity index (χ1) is 7.65. The van der Waals surface area contributed by atoms with E-state index in [1.54, 1.807) is 0 Å². The molecule has 2 aliphatic rings. The normalized spacial score (nSPS) is 19.6. The molecule has 3 rings (SSSR count). The molecular formula is C11H9FO4. The number of benzene rings is 1. The SMILES string of the molecule is O=C(O)C1(c2ccc(F)c3c2OCO3)CC1. The van der Waals surface area contributed by atoms with Gasteiger partial charge in [-0.2, -0.15) is 0 Å². The van der Waals surface area contributed by atoms with E-state index in [1.165, 1.54) is 12.1 Å². The molecule has 0 aromatic heterocycles. The van der Waals surface area contributed by atoms with E-state index in [0.717, 1.165) is 0 Å². The second-order valence-corrected chi connectivity index (χ2v) is 4.05. The minimum absolute atomic E-state index is 0.0324. The van der Waals surface area contributed by atoms with E-state index in [1.807, 2.05) is 0 Å². The van der Waals surface area contributed by atoms with Crippen LogP contribution in [0.15, 0.2) is 12.1 Å². The summed E-state index contributed by atoms with van der Waals surface area (Å²) in [6.07, 6.45) is 1.12. The maximum atomic E-state index is 13.3. The van der Waals surface area contributed by atoms with Gasteiger partial charge in [0.05, 0.1) is 5.41 Å². The number of ether oxygens (including phenoxy) is 2. The van der Waals surface area contributed by atoms with Crippen molar-refractivity contribution in [3.05, 3.63) is 23.5 Å². The Morgan fingerprint density at radius 3 is 2.62 bits per heavy atom. The van der Waals surface area contributed by atoms with Crippen LogP contribution in [0.4, 0.5) is 4.39 Å². The molecular weight excluding hydrogens is 215 g/mol. The molecule has 0 saturated heterocycles. The molecule has 1 aromatic rings. The van der Waals surface area contributed by atoms with E-state index in [2.05, 4.69) is 0 Å². The summed E-state index contributed by atoms with van der Waals surface area (Å²) in [5.74, 6) is -1.13. The van der Waals surface area contributed by atoms with Crippen molar-refractivity contribution in [2.24, 2.45) is 0 Å². The van der Waals surface area contributed by atoms with Crippen molar-refractivity contribution in [1.82, 2.24) is 0 Å². The van der Waals surface area contributed by atoms with E-state index >= 15 is 0 Å². The van der Waals surface area contributed by atoms with Gasteiger partial charge >= 0.3 is 5.97 Å². The quantitative estimate of drug-likeness (QED) is 0.830. The Labute approximate surface area is 90.6 Å². The smallest absolute Gasteiger partial charge is 0.314 e. The maximum absolute atomic E-state index is 13.3. The first kappa shape index (κ1) is 9.45. The average molecular weight is 224 g/mol. The number of carbonyl (C=O) groups is 1. The molecule has 1 fully saturated rings. The van der Waals surface area contributed by atoms with Gasteiger partial charge in [0.1, 0.15) is 0 Å². The van der Waals surface area contributed by atoms with Gasteiger partial charge in [-0.1, -0.05) is 6.07 Å². The van der Waals surface area contributed by atoms with Crippen LogP contribution >= 0.6 is 0 Å². The van der Waals surface area contributed by atoms with Crippen LogP contribution in [-0.4, -0.2) is 17.9 Å². The molecule has 0 amide bonds. The zero-order valence-electron chi connectivity index (χ0n) is 8.33. The first-order valence-corrected chi connectivity index (χ1v) is 4.97. The first-order valence-electron chi connectivity index (χ1n) is 4.97. The number of aliphatic carboxylic acids is 1. The van der Waals surface area contributed by atoms with Crippen molar-refractivity contribution in [3.8, 4) is 11.5 Å². The summed E-state index contributed by atoms with van der Waals surface area (Å²) < 4.78 is 23.5. The second kappa shape index (κ2) is 2.87. The highest BCUT2D eigenvalue weighted by Crippen LogP contribution is 2.54. The number of hydrogen-bond acceptors (Lipinski definition) is 3. The number of carboxylic acid groups (broad SMARTS) is 1. The second-order valence-electron chi connectivity index (χ2n) is 4.05. The lowest BCUT2D eigenvalue weighted by atomic mass is 9.95. The van der Waals surface area contributed by atoms with Gasteiger partial charge in [0.15, 0.2) is 11.6 Å². The van der Waals surface area contributed by atoms with Crippen LogP contribution in [0.3, 0.4) is 0 Å². The predicted molar refractivity (Wildman–Crippen MR) is 51.1 cm³/mol. The van der Waals surface area contributed by atoms with Crippen LogP contribution in [0.5, 0.6) is 11.5 Å². The molecule has 1 aromatic carbocycles. The maximum Gasteiger partial charge on any atom is 0.314 e. The van der Waals surface area contributed by atoms with E-state index in [-0.39, 0.29) is 18.3 Å². The summed E-state index contributed by atoms with van der Waals surface area (Å²) >= 11 is 0. The summed E-state index contributed by atoms with van der Waals surface area (Å²) in [5, 5.41) is 9.17. The van der Waals surface area contributed by atoms with Crippen LogP contribution in [0.2, 0.25) is 0 Å². The van der Waals surface area contributed by atoms with E-state index in [9.17, 15) is 9.18 Å². The molecule has 0 atom stereocenters. The van der Waals surface area contributed by atoms with Crippen molar-refractivity contribution >= 4 is 5.97 Å². The molecule has 1 aliphatic heterocycles. The molecule has 1 aliphatic carbocycles. The molecule has 0 bridgehead atoms. The highest BCUT2D eigenvalue weighted by atomic mass is 19.1. The molecule has 5 heteroatoms. The van der Waals surface area contributed by atoms with Crippen LogP contribution in [0.25, 0.3) is 0 Å². The summed E-state index contributed by atoms with van der Waals surface area (Å²) in [6.45, 7) is -0.0566. The fourth-order valence-corrected chi connectivity index (χ4v) is 2.06. The van der Waals surface area contributed by atoms with Gasteiger partial charge < -0.3 is 14.6 Å². The third-order valence-electron chi connectivity index (χ3n) is 3.15. The Kier molecular flexibility index (Phi) is 1.70. The zero-order valence-corrected chi connectivity index (χ0v) is 8.33. The summed E-state index contributed by atoms with van der Waals surface area (Å²) in [6, 6.07) is 2.70. The monoisotopic (exact) mass is 224 g/mol. The Morgan fingerprint density at radius 2 is 2.00 bits per heavy atom. The fourth-order valence-electron chi connectivity index (χ4n) is 2.06. The Hall–Kier alpha value is -1.78. The number of hydrogen-bond donors (Lipinski definition) is 1. The Morgan fingerprint density at radius 1 is 1.31 bits per heavy atom. The minimum Gasteiger partial charge on any atom is -0.481 e. The van der Waals surface area contributed by atoms with E-state index in [0.29, 0.717) is 18.4 Å². The van der Waals surface area contributed by atoms with Crippen molar-refractivity contribution < 1.29 is 23.8 Å². The van der Waals surface area contributed by atoms with Crippen molar-refractivity contribution in [1.29, 1.82) is 0 Å². The number of halogens is 1. The standard InChI is InChI=1S/C11H9FO4/c12-7-2-1-6(8-9(7)16-5-15-8)11(3-4-11)10(13)14/h1-2H,3-5H2,(H,13,14). The molecule has 1 N–H and O–H groups in total. The fraction of sp³-hybridized carbons (Fsp3) is 0.364. The number of carboxylic acids is 1. The number of fused-ring (bicyclic) bond motifs is 1. The van der Waals surface area contributed by atoms with E-state index < -0.39 is 17.2 Å². The van der Waals surface area contributed by atoms with Crippen LogP contribution < -0.4 is 9.47 Å². The lowest BCUT2D eigenvalue weighted by Gasteiger charge is -2.12. The molecule has 84 valence electrons. The molecule has 0 spiro atoms. The summed E-state index contributed by atoms with van der Waals surface area (Å²) in [5.41, 5.74) is -0.375. The van der Waals surface area contributed by atoms with E-state index in [4.69, 9.17) is 14.6 Å². The highest BCUT2D eigenvalue weighted by Gasteiger charge is 2.54. The van der Waals surface area contributed by atoms with Crippen LogP contribution in [0.1, 0.15) is 18.4 Å². The summed E-state index contributed by atoms with van der Waals surface area (Å²) in [4.78, 5) is 11.2. The third-order valence-corrected chi connectivity index (χ3v) is 3.15.